The summed E-state index contributed by atoms with van der Waals surface area (Å²) < 4.78 is 5.11. The van der Waals surface area contributed by atoms with Gasteiger partial charge in [0.25, 0.3) is 5.91 Å². The number of hydrogen-bond donors (Lipinski definition) is 1. The lowest BCUT2D eigenvalue weighted by atomic mass is 10.1. The van der Waals surface area contributed by atoms with E-state index in [0.29, 0.717) is 12.0 Å². The van der Waals surface area contributed by atoms with Crippen LogP contribution < -0.4 is 5.32 Å². The average molecular weight is 323 g/mol. The number of rotatable bonds is 7. The molecule has 0 aliphatic carbocycles. The van der Waals surface area contributed by atoms with Crippen LogP contribution in [0.1, 0.15) is 21.5 Å². The zero-order valence-corrected chi connectivity index (χ0v) is 13.7. The SMILES string of the molecule is C=CCOC(=O)C(Cc1ccccc1)NC(=O)c1ccc(C)cc1. The molecule has 0 fully saturated rings. The van der Waals surface area contributed by atoms with Gasteiger partial charge in [-0.05, 0) is 24.6 Å². The van der Waals surface area contributed by atoms with Crippen molar-refractivity contribution in [2.45, 2.75) is 19.4 Å². The van der Waals surface area contributed by atoms with E-state index in [0.717, 1.165) is 11.1 Å². The van der Waals surface area contributed by atoms with Crippen molar-refractivity contribution < 1.29 is 14.3 Å². The molecule has 2 aromatic rings. The predicted octanol–water partition coefficient (Wildman–Crippen LogP) is 3.07. The summed E-state index contributed by atoms with van der Waals surface area (Å²) in [5.74, 6) is -0.773. The highest BCUT2D eigenvalue weighted by Gasteiger charge is 2.23. The molecular formula is C20H21NO3. The maximum absolute atomic E-state index is 12.4. The first-order valence-electron chi connectivity index (χ1n) is 7.79. The van der Waals surface area contributed by atoms with Gasteiger partial charge in [-0.2, -0.15) is 0 Å². The van der Waals surface area contributed by atoms with E-state index in [2.05, 4.69) is 11.9 Å². The van der Waals surface area contributed by atoms with Gasteiger partial charge in [-0.25, -0.2) is 4.79 Å². The first-order chi connectivity index (χ1) is 11.6. The molecule has 0 aromatic heterocycles. The molecule has 0 saturated heterocycles. The number of aryl methyl sites for hydroxylation is 1. The third-order valence-electron chi connectivity index (χ3n) is 3.53. The van der Waals surface area contributed by atoms with Crippen LogP contribution in [0.2, 0.25) is 0 Å². The third-order valence-corrected chi connectivity index (χ3v) is 3.53. The summed E-state index contributed by atoms with van der Waals surface area (Å²) in [6, 6.07) is 15.9. The third kappa shape index (κ3) is 5.09. The van der Waals surface area contributed by atoms with Gasteiger partial charge in [0.05, 0.1) is 0 Å². The molecule has 2 rings (SSSR count). The predicted molar refractivity (Wildman–Crippen MR) is 93.7 cm³/mol. The Morgan fingerprint density at radius 1 is 1.12 bits per heavy atom. The maximum Gasteiger partial charge on any atom is 0.329 e. The number of hydrogen-bond acceptors (Lipinski definition) is 3. The summed E-state index contributed by atoms with van der Waals surface area (Å²) in [5, 5.41) is 2.76. The molecule has 1 N–H and O–H groups in total. The molecule has 4 heteroatoms. The Hall–Kier alpha value is -2.88. The molecule has 0 radical (unpaired) electrons. The number of amides is 1. The normalized spacial score (nSPS) is 11.4. The van der Waals surface area contributed by atoms with Crippen LogP contribution in [0.3, 0.4) is 0 Å². The Kier molecular flexibility index (Phi) is 6.32. The summed E-state index contributed by atoms with van der Waals surface area (Å²) in [4.78, 5) is 24.6. The molecular weight excluding hydrogens is 302 g/mol. The smallest absolute Gasteiger partial charge is 0.329 e. The first-order valence-corrected chi connectivity index (χ1v) is 7.79. The molecule has 0 aliphatic heterocycles. The summed E-state index contributed by atoms with van der Waals surface area (Å²) >= 11 is 0. The number of carbonyl (C=O) groups is 2. The molecule has 0 spiro atoms. The Morgan fingerprint density at radius 2 is 1.79 bits per heavy atom. The number of nitrogens with one attached hydrogen (secondary N) is 1. The minimum absolute atomic E-state index is 0.116. The topological polar surface area (TPSA) is 55.4 Å². The Bertz CT molecular complexity index is 693. The fourth-order valence-electron chi connectivity index (χ4n) is 2.23. The van der Waals surface area contributed by atoms with Crippen molar-refractivity contribution in [1.29, 1.82) is 0 Å². The fourth-order valence-corrected chi connectivity index (χ4v) is 2.23. The molecule has 1 unspecified atom stereocenters. The van der Waals surface area contributed by atoms with Crippen molar-refractivity contribution in [2.75, 3.05) is 6.61 Å². The number of ether oxygens (including phenoxy) is 1. The van der Waals surface area contributed by atoms with Gasteiger partial charge in [0.1, 0.15) is 12.6 Å². The van der Waals surface area contributed by atoms with Crippen LogP contribution in [-0.2, 0) is 16.0 Å². The molecule has 0 bridgehead atoms. The summed E-state index contributed by atoms with van der Waals surface area (Å²) in [6.45, 7) is 5.59. The average Bonchev–Trinajstić information content (AvgIpc) is 2.60. The van der Waals surface area contributed by atoms with Crippen LogP contribution >= 0.6 is 0 Å². The van der Waals surface area contributed by atoms with Crippen molar-refractivity contribution in [1.82, 2.24) is 5.32 Å². The van der Waals surface area contributed by atoms with Crippen LogP contribution in [0, 0.1) is 6.92 Å². The van der Waals surface area contributed by atoms with E-state index >= 15 is 0 Å². The van der Waals surface area contributed by atoms with Gasteiger partial charge in [-0.1, -0.05) is 60.7 Å². The second-order valence-corrected chi connectivity index (χ2v) is 5.50. The molecule has 124 valence electrons. The van der Waals surface area contributed by atoms with Gasteiger partial charge in [0, 0.05) is 12.0 Å². The highest BCUT2D eigenvalue weighted by molar-refractivity contribution is 5.96. The largest absolute Gasteiger partial charge is 0.460 e. The zero-order chi connectivity index (χ0) is 17.4. The summed E-state index contributed by atoms with van der Waals surface area (Å²) in [7, 11) is 0. The molecule has 1 atom stereocenters. The zero-order valence-electron chi connectivity index (χ0n) is 13.7. The maximum atomic E-state index is 12.4. The number of carbonyl (C=O) groups excluding carboxylic acids is 2. The monoisotopic (exact) mass is 323 g/mol. The van der Waals surface area contributed by atoms with E-state index in [9.17, 15) is 9.59 Å². The highest BCUT2D eigenvalue weighted by Crippen LogP contribution is 2.08. The molecule has 0 saturated carbocycles. The molecule has 1 amide bonds. The van der Waals surface area contributed by atoms with Crippen LogP contribution in [-0.4, -0.2) is 24.5 Å². The van der Waals surface area contributed by atoms with E-state index in [1.165, 1.54) is 6.08 Å². The molecule has 0 aliphatic rings. The summed E-state index contributed by atoms with van der Waals surface area (Å²) in [5.41, 5.74) is 2.52. The van der Waals surface area contributed by atoms with Crippen molar-refractivity contribution in [2.24, 2.45) is 0 Å². The Balaban J connectivity index is 2.12. The number of benzene rings is 2. The summed E-state index contributed by atoms with van der Waals surface area (Å²) in [6.07, 6.45) is 1.87. The van der Waals surface area contributed by atoms with Gasteiger partial charge < -0.3 is 10.1 Å². The van der Waals surface area contributed by atoms with Crippen LogP contribution in [0.15, 0.2) is 67.3 Å². The van der Waals surface area contributed by atoms with Crippen LogP contribution in [0.25, 0.3) is 0 Å². The van der Waals surface area contributed by atoms with Gasteiger partial charge in [-0.15, -0.1) is 0 Å². The first kappa shape index (κ1) is 17.5. The minimum Gasteiger partial charge on any atom is -0.460 e. The lowest BCUT2D eigenvalue weighted by Gasteiger charge is -2.17. The van der Waals surface area contributed by atoms with E-state index in [1.54, 1.807) is 12.1 Å². The van der Waals surface area contributed by atoms with Gasteiger partial charge in [-0.3, -0.25) is 4.79 Å². The number of esters is 1. The fraction of sp³-hybridized carbons (Fsp3) is 0.200. The standard InChI is InChI=1S/C20H21NO3/c1-3-13-24-20(23)18(14-16-7-5-4-6-8-16)21-19(22)17-11-9-15(2)10-12-17/h3-12,18H,1,13-14H2,2H3,(H,21,22). The van der Waals surface area contributed by atoms with E-state index in [1.807, 2.05) is 49.4 Å². The lowest BCUT2D eigenvalue weighted by molar-refractivity contribution is -0.144. The van der Waals surface area contributed by atoms with Gasteiger partial charge in [0.15, 0.2) is 0 Å². The van der Waals surface area contributed by atoms with Crippen molar-refractivity contribution in [3.05, 3.63) is 83.9 Å². The molecule has 24 heavy (non-hydrogen) atoms. The van der Waals surface area contributed by atoms with Gasteiger partial charge in [0.2, 0.25) is 0 Å². The minimum atomic E-state index is -0.749. The second-order valence-electron chi connectivity index (χ2n) is 5.50. The Morgan fingerprint density at radius 3 is 2.42 bits per heavy atom. The van der Waals surface area contributed by atoms with Crippen LogP contribution in [0.5, 0.6) is 0 Å². The van der Waals surface area contributed by atoms with Crippen LogP contribution in [0.4, 0.5) is 0 Å². The second kappa shape index (κ2) is 8.67. The quantitative estimate of drug-likeness (QED) is 0.629. The van der Waals surface area contributed by atoms with E-state index < -0.39 is 12.0 Å². The lowest BCUT2D eigenvalue weighted by Crippen LogP contribution is -2.43. The highest BCUT2D eigenvalue weighted by atomic mass is 16.5. The Labute approximate surface area is 142 Å². The van der Waals surface area contributed by atoms with Crippen molar-refractivity contribution >= 4 is 11.9 Å². The van der Waals surface area contributed by atoms with Crippen molar-refractivity contribution in [3.8, 4) is 0 Å². The molecule has 2 aromatic carbocycles. The van der Waals surface area contributed by atoms with E-state index in [-0.39, 0.29) is 12.5 Å². The molecule has 4 nitrogen and oxygen atoms in total. The van der Waals surface area contributed by atoms with Gasteiger partial charge >= 0.3 is 5.97 Å². The molecule has 0 heterocycles. The van der Waals surface area contributed by atoms with Crippen molar-refractivity contribution in [3.63, 3.8) is 0 Å². The van der Waals surface area contributed by atoms with E-state index in [4.69, 9.17) is 4.74 Å².